The number of rotatable bonds is 7. The van der Waals surface area contributed by atoms with Crippen molar-refractivity contribution in [3.05, 3.63) is 35.4 Å². The molecular weight excluding hydrogens is 262 g/mol. The third-order valence-electron chi connectivity index (χ3n) is 2.94. The van der Waals surface area contributed by atoms with Gasteiger partial charge in [-0.1, -0.05) is 19.9 Å². The van der Waals surface area contributed by atoms with Gasteiger partial charge in [-0.25, -0.2) is 8.78 Å². The van der Waals surface area contributed by atoms with Crippen molar-refractivity contribution in [2.75, 3.05) is 6.54 Å². The van der Waals surface area contributed by atoms with E-state index in [1.54, 1.807) is 6.92 Å². The first-order valence-corrected chi connectivity index (χ1v) is 6.88. The second kappa shape index (κ2) is 7.94. The molecule has 0 aromatic heterocycles. The van der Waals surface area contributed by atoms with Crippen LogP contribution < -0.4 is 10.6 Å². The Morgan fingerprint density at radius 3 is 2.35 bits per heavy atom. The Morgan fingerprint density at radius 1 is 1.20 bits per heavy atom. The molecule has 0 bridgehead atoms. The van der Waals surface area contributed by atoms with Gasteiger partial charge in [-0.3, -0.25) is 4.79 Å². The summed E-state index contributed by atoms with van der Waals surface area (Å²) in [5, 5.41) is 5.82. The topological polar surface area (TPSA) is 41.1 Å². The lowest BCUT2D eigenvalue weighted by molar-refractivity contribution is -0.121. The van der Waals surface area contributed by atoms with Gasteiger partial charge in [-0.05, 0) is 32.0 Å². The van der Waals surface area contributed by atoms with Crippen LogP contribution in [0.2, 0.25) is 0 Å². The molecule has 1 unspecified atom stereocenters. The van der Waals surface area contributed by atoms with Crippen LogP contribution in [-0.2, 0) is 4.79 Å². The molecule has 112 valence electrons. The summed E-state index contributed by atoms with van der Waals surface area (Å²) in [5.74, 6) is -1.48. The van der Waals surface area contributed by atoms with Gasteiger partial charge in [0.15, 0.2) is 0 Å². The van der Waals surface area contributed by atoms with Gasteiger partial charge in [0.25, 0.3) is 0 Å². The Hall–Kier alpha value is -1.49. The van der Waals surface area contributed by atoms with Crippen LogP contribution in [0.3, 0.4) is 0 Å². The number of halogens is 2. The van der Waals surface area contributed by atoms with Gasteiger partial charge in [0.05, 0.1) is 6.04 Å². The van der Waals surface area contributed by atoms with E-state index in [2.05, 4.69) is 10.6 Å². The zero-order chi connectivity index (χ0) is 15.1. The number of carbonyl (C=O) groups is 1. The molecule has 0 radical (unpaired) electrons. The molecular formula is C15H22F2N2O. The lowest BCUT2D eigenvalue weighted by Crippen LogP contribution is -2.29. The van der Waals surface area contributed by atoms with Gasteiger partial charge in [0.2, 0.25) is 5.91 Å². The van der Waals surface area contributed by atoms with E-state index in [-0.39, 0.29) is 11.5 Å². The third-order valence-corrected chi connectivity index (χ3v) is 2.94. The largest absolute Gasteiger partial charge is 0.349 e. The molecule has 20 heavy (non-hydrogen) atoms. The lowest BCUT2D eigenvalue weighted by atomic mass is 10.1. The van der Waals surface area contributed by atoms with E-state index in [0.29, 0.717) is 18.9 Å². The van der Waals surface area contributed by atoms with Crippen molar-refractivity contribution < 1.29 is 13.6 Å². The Kier molecular flexibility index (Phi) is 6.58. The molecule has 1 amide bonds. The van der Waals surface area contributed by atoms with Gasteiger partial charge in [0, 0.05) is 18.0 Å². The summed E-state index contributed by atoms with van der Waals surface area (Å²) < 4.78 is 27.1. The summed E-state index contributed by atoms with van der Waals surface area (Å²) in [6.45, 7) is 6.38. The summed E-state index contributed by atoms with van der Waals surface area (Å²) in [4.78, 5) is 11.7. The maximum absolute atomic E-state index is 13.5. The number of carbonyl (C=O) groups excluding carboxylic acids is 1. The number of hydrogen-bond donors (Lipinski definition) is 2. The molecule has 1 atom stereocenters. The van der Waals surface area contributed by atoms with E-state index in [0.717, 1.165) is 6.54 Å². The van der Waals surface area contributed by atoms with Gasteiger partial charge in [0.1, 0.15) is 11.6 Å². The van der Waals surface area contributed by atoms with Crippen LogP contribution >= 0.6 is 0 Å². The first kappa shape index (κ1) is 16.6. The Bertz CT molecular complexity index is 429. The van der Waals surface area contributed by atoms with E-state index < -0.39 is 17.7 Å². The van der Waals surface area contributed by atoms with Crippen LogP contribution in [0.25, 0.3) is 0 Å². The highest BCUT2D eigenvalue weighted by molar-refractivity contribution is 5.76. The summed E-state index contributed by atoms with van der Waals surface area (Å²) >= 11 is 0. The summed E-state index contributed by atoms with van der Waals surface area (Å²) in [5.41, 5.74) is -0.0962. The second-order valence-electron chi connectivity index (χ2n) is 5.14. The van der Waals surface area contributed by atoms with Gasteiger partial charge < -0.3 is 10.6 Å². The molecule has 5 heteroatoms. The normalized spacial score (nSPS) is 12.5. The molecule has 0 spiro atoms. The SMILES string of the molecule is CC(C)NCCCC(=O)NC(C)c1c(F)cccc1F. The zero-order valence-electron chi connectivity index (χ0n) is 12.2. The number of benzene rings is 1. The molecule has 0 aliphatic carbocycles. The Morgan fingerprint density at radius 2 is 1.80 bits per heavy atom. The van der Waals surface area contributed by atoms with Crippen LogP contribution in [0.5, 0.6) is 0 Å². The molecule has 1 rings (SSSR count). The molecule has 0 aliphatic rings. The zero-order valence-corrected chi connectivity index (χ0v) is 12.2. The van der Waals surface area contributed by atoms with Crippen molar-refractivity contribution in [3.63, 3.8) is 0 Å². The van der Waals surface area contributed by atoms with Crippen LogP contribution in [0, 0.1) is 11.6 Å². The Labute approximate surface area is 118 Å². The van der Waals surface area contributed by atoms with Gasteiger partial charge in [-0.2, -0.15) is 0 Å². The lowest BCUT2D eigenvalue weighted by Gasteiger charge is -2.16. The van der Waals surface area contributed by atoms with E-state index in [1.165, 1.54) is 18.2 Å². The molecule has 1 aromatic rings. The minimum atomic E-state index is -0.679. The average molecular weight is 284 g/mol. The van der Waals surface area contributed by atoms with Crippen molar-refractivity contribution >= 4 is 5.91 Å². The predicted octanol–water partition coefficient (Wildman–Crippen LogP) is 2.92. The summed E-state index contributed by atoms with van der Waals surface area (Å²) in [6, 6.07) is 3.38. The predicted molar refractivity (Wildman–Crippen MR) is 75.3 cm³/mol. The van der Waals surface area contributed by atoms with Crippen molar-refractivity contribution in [2.45, 2.75) is 45.7 Å². The number of hydrogen-bond acceptors (Lipinski definition) is 2. The fraction of sp³-hybridized carbons (Fsp3) is 0.533. The highest BCUT2D eigenvalue weighted by Gasteiger charge is 2.17. The number of amides is 1. The van der Waals surface area contributed by atoms with Crippen LogP contribution in [0.15, 0.2) is 18.2 Å². The van der Waals surface area contributed by atoms with E-state index in [4.69, 9.17) is 0 Å². The fourth-order valence-corrected chi connectivity index (χ4v) is 1.95. The minimum absolute atomic E-state index is 0.0962. The molecule has 3 nitrogen and oxygen atoms in total. The first-order valence-electron chi connectivity index (χ1n) is 6.88. The van der Waals surface area contributed by atoms with Gasteiger partial charge >= 0.3 is 0 Å². The van der Waals surface area contributed by atoms with Crippen LogP contribution in [0.4, 0.5) is 8.78 Å². The highest BCUT2D eigenvalue weighted by Crippen LogP contribution is 2.20. The van der Waals surface area contributed by atoms with Crippen molar-refractivity contribution in [2.24, 2.45) is 0 Å². The average Bonchev–Trinajstić information content (AvgIpc) is 2.34. The maximum Gasteiger partial charge on any atom is 0.220 e. The first-order chi connectivity index (χ1) is 9.41. The number of nitrogens with one attached hydrogen (secondary N) is 2. The van der Waals surface area contributed by atoms with Crippen LogP contribution in [0.1, 0.15) is 45.2 Å². The Balaban J connectivity index is 2.45. The monoisotopic (exact) mass is 284 g/mol. The molecule has 1 aromatic carbocycles. The van der Waals surface area contributed by atoms with Crippen molar-refractivity contribution in [1.29, 1.82) is 0 Å². The van der Waals surface area contributed by atoms with E-state index in [9.17, 15) is 13.6 Å². The van der Waals surface area contributed by atoms with Crippen LogP contribution in [-0.4, -0.2) is 18.5 Å². The van der Waals surface area contributed by atoms with Crippen molar-refractivity contribution in [1.82, 2.24) is 10.6 Å². The third kappa shape index (κ3) is 5.25. The molecule has 0 fully saturated rings. The molecule has 0 saturated carbocycles. The molecule has 0 aliphatic heterocycles. The second-order valence-corrected chi connectivity index (χ2v) is 5.14. The maximum atomic E-state index is 13.5. The molecule has 2 N–H and O–H groups in total. The molecule has 0 heterocycles. The minimum Gasteiger partial charge on any atom is -0.349 e. The smallest absolute Gasteiger partial charge is 0.220 e. The van der Waals surface area contributed by atoms with Gasteiger partial charge in [-0.15, -0.1) is 0 Å². The van der Waals surface area contributed by atoms with E-state index in [1.807, 2.05) is 13.8 Å². The standard InChI is InChI=1S/C15H22F2N2O/c1-10(2)18-9-5-8-14(20)19-11(3)15-12(16)6-4-7-13(15)17/h4,6-7,10-11,18H,5,8-9H2,1-3H3,(H,19,20). The highest BCUT2D eigenvalue weighted by atomic mass is 19.1. The summed E-state index contributed by atoms with van der Waals surface area (Å²) in [7, 11) is 0. The van der Waals surface area contributed by atoms with E-state index >= 15 is 0 Å². The summed E-state index contributed by atoms with van der Waals surface area (Å²) in [6.07, 6.45) is 1.02. The molecule has 0 saturated heterocycles. The quantitative estimate of drug-likeness (QED) is 0.756. The fourth-order valence-electron chi connectivity index (χ4n) is 1.95. The van der Waals surface area contributed by atoms with Crippen molar-refractivity contribution in [3.8, 4) is 0 Å².